The molecule has 4 heteroatoms. The van der Waals surface area contributed by atoms with Gasteiger partial charge in [0.05, 0.1) is 11.9 Å². The molecule has 2 rings (SSSR count). The standard InChI is InChI=1S/C18H30N4/c1-13(2)18-9-10-21(20-18)16(6)8-7-15(5)17-11-19-22(12-17)14(3)4/h9-16H,7-8H2,1-6H3. The van der Waals surface area contributed by atoms with Crippen molar-refractivity contribution in [1.82, 2.24) is 19.6 Å². The summed E-state index contributed by atoms with van der Waals surface area (Å²) < 4.78 is 4.15. The molecule has 122 valence electrons. The molecule has 0 radical (unpaired) electrons. The number of rotatable bonds is 7. The Morgan fingerprint density at radius 3 is 2.27 bits per heavy atom. The first-order valence-corrected chi connectivity index (χ1v) is 8.47. The van der Waals surface area contributed by atoms with E-state index in [1.165, 1.54) is 11.3 Å². The minimum absolute atomic E-state index is 0.429. The first-order valence-electron chi connectivity index (χ1n) is 8.47. The quantitative estimate of drug-likeness (QED) is 0.727. The van der Waals surface area contributed by atoms with E-state index in [4.69, 9.17) is 0 Å². The lowest BCUT2D eigenvalue weighted by molar-refractivity contribution is 0.426. The average Bonchev–Trinajstić information content (AvgIpc) is 3.12. The van der Waals surface area contributed by atoms with Crippen molar-refractivity contribution in [3.63, 3.8) is 0 Å². The van der Waals surface area contributed by atoms with Gasteiger partial charge in [-0.1, -0.05) is 20.8 Å². The first-order chi connectivity index (χ1) is 10.4. The van der Waals surface area contributed by atoms with E-state index in [0.717, 1.165) is 12.8 Å². The van der Waals surface area contributed by atoms with Crippen molar-refractivity contribution in [2.75, 3.05) is 0 Å². The predicted molar refractivity (Wildman–Crippen MR) is 91.3 cm³/mol. The van der Waals surface area contributed by atoms with Crippen LogP contribution in [0.15, 0.2) is 24.7 Å². The lowest BCUT2D eigenvalue weighted by Crippen LogP contribution is -2.08. The molecular weight excluding hydrogens is 272 g/mol. The van der Waals surface area contributed by atoms with E-state index >= 15 is 0 Å². The minimum Gasteiger partial charge on any atom is -0.270 e. The molecule has 0 aliphatic rings. The molecule has 0 aromatic carbocycles. The molecule has 0 bridgehead atoms. The number of hydrogen-bond donors (Lipinski definition) is 0. The van der Waals surface area contributed by atoms with Crippen LogP contribution in [0.1, 0.15) is 89.6 Å². The van der Waals surface area contributed by atoms with E-state index in [-0.39, 0.29) is 0 Å². The Kier molecular flexibility index (Phi) is 5.43. The average molecular weight is 302 g/mol. The van der Waals surface area contributed by atoms with E-state index in [2.05, 4.69) is 74.9 Å². The van der Waals surface area contributed by atoms with Crippen molar-refractivity contribution in [2.45, 2.75) is 78.3 Å². The Labute approximate surface area is 134 Å². The van der Waals surface area contributed by atoms with E-state index in [1.807, 2.05) is 10.9 Å². The summed E-state index contributed by atoms with van der Waals surface area (Å²) in [7, 11) is 0. The third-order valence-electron chi connectivity index (χ3n) is 4.41. The highest BCUT2D eigenvalue weighted by molar-refractivity contribution is 5.10. The van der Waals surface area contributed by atoms with Crippen molar-refractivity contribution in [1.29, 1.82) is 0 Å². The summed E-state index contributed by atoms with van der Waals surface area (Å²) >= 11 is 0. The lowest BCUT2D eigenvalue weighted by Gasteiger charge is -2.15. The molecule has 0 saturated carbocycles. The summed E-state index contributed by atoms with van der Waals surface area (Å²) in [6.07, 6.45) is 8.60. The van der Waals surface area contributed by atoms with Crippen molar-refractivity contribution >= 4 is 0 Å². The largest absolute Gasteiger partial charge is 0.270 e. The highest BCUT2D eigenvalue weighted by Gasteiger charge is 2.13. The van der Waals surface area contributed by atoms with Crippen LogP contribution in [-0.4, -0.2) is 19.6 Å². The second-order valence-electron chi connectivity index (χ2n) is 7.05. The van der Waals surface area contributed by atoms with Gasteiger partial charge in [0.15, 0.2) is 0 Å². The van der Waals surface area contributed by atoms with Crippen LogP contribution in [-0.2, 0) is 0 Å². The molecule has 0 fully saturated rings. The van der Waals surface area contributed by atoms with Gasteiger partial charge in [0.1, 0.15) is 0 Å². The van der Waals surface area contributed by atoms with E-state index < -0.39 is 0 Å². The molecule has 22 heavy (non-hydrogen) atoms. The van der Waals surface area contributed by atoms with Crippen LogP contribution in [0.3, 0.4) is 0 Å². The molecule has 2 aromatic heterocycles. The summed E-state index contributed by atoms with van der Waals surface area (Å²) in [5, 5.41) is 9.13. The summed E-state index contributed by atoms with van der Waals surface area (Å²) in [5.41, 5.74) is 2.52. The van der Waals surface area contributed by atoms with Gasteiger partial charge in [-0.15, -0.1) is 0 Å². The molecule has 0 aliphatic carbocycles. The summed E-state index contributed by atoms with van der Waals surface area (Å²) in [4.78, 5) is 0. The fourth-order valence-electron chi connectivity index (χ4n) is 2.59. The van der Waals surface area contributed by atoms with Gasteiger partial charge < -0.3 is 0 Å². The lowest BCUT2D eigenvalue weighted by atomic mass is 9.97. The predicted octanol–water partition coefficient (Wildman–Crippen LogP) is 4.93. The van der Waals surface area contributed by atoms with Crippen LogP contribution in [0.2, 0.25) is 0 Å². The number of hydrogen-bond acceptors (Lipinski definition) is 2. The van der Waals surface area contributed by atoms with Crippen molar-refractivity contribution in [3.05, 3.63) is 35.9 Å². The van der Waals surface area contributed by atoms with Crippen LogP contribution >= 0.6 is 0 Å². The zero-order valence-corrected chi connectivity index (χ0v) is 14.8. The smallest absolute Gasteiger partial charge is 0.0650 e. The van der Waals surface area contributed by atoms with Crippen LogP contribution in [0.5, 0.6) is 0 Å². The highest BCUT2D eigenvalue weighted by Crippen LogP contribution is 2.25. The Morgan fingerprint density at radius 1 is 1.00 bits per heavy atom. The van der Waals surface area contributed by atoms with Gasteiger partial charge in [-0.3, -0.25) is 9.36 Å². The van der Waals surface area contributed by atoms with Gasteiger partial charge in [0.25, 0.3) is 0 Å². The third-order valence-corrected chi connectivity index (χ3v) is 4.41. The molecule has 2 aromatic rings. The molecule has 0 N–H and O–H groups in total. The normalized spacial score (nSPS) is 14.7. The van der Waals surface area contributed by atoms with E-state index in [9.17, 15) is 0 Å². The van der Waals surface area contributed by atoms with Crippen LogP contribution in [0.25, 0.3) is 0 Å². The Balaban J connectivity index is 1.90. The maximum Gasteiger partial charge on any atom is 0.0650 e. The SMILES string of the molecule is CC(C)c1ccn(C(C)CCC(C)c2cnn(C(C)C)c2)n1. The fourth-order valence-corrected chi connectivity index (χ4v) is 2.59. The van der Waals surface area contributed by atoms with Crippen LogP contribution in [0, 0.1) is 0 Å². The minimum atomic E-state index is 0.429. The monoisotopic (exact) mass is 302 g/mol. The van der Waals surface area contributed by atoms with Crippen molar-refractivity contribution < 1.29 is 0 Å². The molecule has 2 unspecified atom stereocenters. The van der Waals surface area contributed by atoms with Crippen LogP contribution < -0.4 is 0 Å². The fraction of sp³-hybridized carbons (Fsp3) is 0.667. The van der Waals surface area contributed by atoms with Gasteiger partial charge >= 0.3 is 0 Å². The first kappa shape index (κ1) is 16.8. The molecule has 0 spiro atoms. The second kappa shape index (κ2) is 7.12. The number of aromatic nitrogens is 4. The van der Waals surface area contributed by atoms with Crippen LogP contribution in [0.4, 0.5) is 0 Å². The molecule has 2 heterocycles. The maximum atomic E-state index is 4.69. The zero-order chi connectivity index (χ0) is 16.3. The van der Waals surface area contributed by atoms with E-state index in [0.29, 0.717) is 23.9 Å². The molecular formula is C18H30N4. The van der Waals surface area contributed by atoms with Gasteiger partial charge in [-0.2, -0.15) is 10.2 Å². The molecule has 4 nitrogen and oxygen atoms in total. The zero-order valence-electron chi connectivity index (χ0n) is 14.8. The Morgan fingerprint density at radius 2 is 1.73 bits per heavy atom. The summed E-state index contributed by atoms with van der Waals surface area (Å²) in [5.74, 6) is 1.03. The maximum absolute atomic E-state index is 4.69. The third kappa shape index (κ3) is 3.99. The van der Waals surface area contributed by atoms with Crippen molar-refractivity contribution in [3.8, 4) is 0 Å². The topological polar surface area (TPSA) is 35.6 Å². The molecule has 0 amide bonds. The molecule has 0 aliphatic heterocycles. The Bertz CT molecular complexity index is 527. The number of nitrogens with zero attached hydrogens (tertiary/aromatic N) is 4. The van der Waals surface area contributed by atoms with E-state index in [1.54, 1.807) is 0 Å². The van der Waals surface area contributed by atoms with Gasteiger partial charge in [0.2, 0.25) is 0 Å². The van der Waals surface area contributed by atoms with Gasteiger partial charge in [-0.05, 0) is 57.1 Å². The highest BCUT2D eigenvalue weighted by atomic mass is 15.3. The van der Waals surface area contributed by atoms with Gasteiger partial charge in [0, 0.05) is 24.5 Å². The summed E-state index contributed by atoms with van der Waals surface area (Å²) in [6, 6.07) is 3.01. The summed E-state index contributed by atoms with van der Waals surface area (Å²) in [6.45, 7) is 13.2. The van der Waals surface area contributed by atoms with Crippen molar-refractivity contribution in [2.24, 2.45) is 0 Å². The Hall–Kier alpha value is -1.58. The molecule has 2 atom stereocenters. The molecule has 0 saturated heterocycles. The second-order valence-corrected chi connectivity index (χ2v) is 7.05. The van der Waals surface area contributed by atoms with Gasteiger partial charge in [-0.25, -0.2) is 0 Å².